The first kappa shape index (κ1) is 7.53. The number of carbonyl (C=O) groups is 1. The van der Waals surface area contributed by atoms with Crippen LogP contribution in [0.5, 0.6) is 0 Å². The Hall–Kier alpha value is -1.58. The second-order valence-electron chi connectivity index (χ2n) is 1.94. The van der Waals surface area contributed by atoms with Crippen LogP contribution in [-0.2, 0) is 9.53 Å². The molecular formula is C7H8N2O2. The van der Waals surface area contributed by atoms with Crippen LogP contribution >= 0.6 is 0 Å². The summed E-state index contributed by atoms with van der Waals surface area (Å²) < 4.78 is 4.45. The molecule has 0 spiro atoms. The molecule has 0 saturated carbocycles. The highest BCUT2D eigenvalue weighted by atomic mass is 16.5. The third kappa shape index (κ3) is 1.46. The maximum Gasteiger partial charge on any atom is 0.339 e. The van der Waals surface area contributed by atoms with Gasteiger partial charge in [0.2, 0.25) is 0 Å². The summed E-state index contributed by atoms with van der Waals surface area (Å²) in [7, 11) is 1.31. The zero-order valence-corrected chi connectivity index (χ0v) is 6.13. The maximum absolute atomic E-state index is 10.8. The fraction of sp³-hybridized carbons (Fsp3) is 0.143. The van der Waals surface area contributed by atoms with Gasteiger partial charge in [0.15, 0.2) is 0 Å². The molecule has 0 aliphatic rings. The number of esters is 1. The second-order valence-corrected chi connectivity index (χ2v) is 1.94. The van der Waals surface area contributed by atoms with Gasteiger partial charge in [-0.25, -0.2) is 9.78 Å². The van der Waals surface area contributed by atoms with Crippen LogP contribution < -0.4 is 0 Å². The fourth-order valence-corrected chi connectivity index (χ4v) is 0.654. The van der Waals surface area contributed by atoms with E-state index in [4.69, 9.17) is 0 Å². The highest BCUT2D eigenvalue weighted by Crippen LogP contribution is 2.08. The number of ether oxygens (including phenoxy) is 1. The van der Waals surface area contributed by atoms with E-state index in [1.165, 1.54) is 19.6 Å². The lowest BCUT2D eigenvalue weighted by Crippen LogP contribution is -2.02. The summed E-state index contributed by atoms with van der Waals surface area (Å²) in [4.78, 5) is 17.3. The number of nitrogens with zero attached hydrogens (tertiary/aromatic N) is 1. The Labute approximate surface area is 63.9 Å². The zero-order valence-electron chi connectivity index (χ0n) is 6.13. The van der Waals surface area contributed by atoms with Crippen molar-refractivity contribution in [3.05, 3.63) is 24.8 Å². The minimum Gasteiger partial charge on any atom is -0.465 e. The third-order valence-corrected chi connectivity index (χ3v) is 1.26. The van der Waals surface area contributed by atoms with Crippen molar-refractivity contribution in [3.63, 3.8) is 0 Å². The molecule has 0 atom stereocenters. The van der Waals surface area contributed by atoms with E-state index >= 15 is 0 Å². The molecule has 0 saturated heterocycles. The minimum atomic E-state index is -0.450. The average molecular weight is 152 g/mol. The summed E-state index contributed by atoms with van der Waals surface area (Å²) >= 11 is 0. The molecule has 4 nitrogen and oxygen atoms in total. The second kappa shape index (κ2) is 3.01. The van der Waals surface area contributed by atoms with Crippen molar-refractivity contribution in [2.75, 3.05) is 7.11 Å². The topological polar surface area (TPSA) is 55.0 Å². The number of nitrogens with one attached hydrogen (secondary N) is 1. The summed E-state index contributed by atoms with van der Waals surface area (Å²) in [5.41, 5.74) is 0.863. The summed E-state index contributed by atoms with van der Waals surface area (Å²) in [6.07, 6.45) is 2.99. The molecule has 0 aliphatic carbocycles. The first-order valence-electron chi connectivity index (χ1n) is 3.01. The van der Waals surface area contributed by atoms with Crippen LogP contribution in [0.4, 0.5) is 0 Å². The van der Waals surface area contributed by atoms with Crippen molar-refractivity contribution in [2.24, 2.45) is 0 Å². The molecule has 0 radical (unpaired) electrons. The number of rotatable bonds is 2. The monoisotopic (exact) mass is 152 g/mol. The number of H-pyrrole nitrogens is 1. The number of imidazole rings is 1. The van der Waals surface area contributed by atoms with Gasteiger partial charge in [-0.1, -0.05) is 6.58 Å². The molecule has 58 valence electrons. The van der Waals surface area contributed by atoms with Crippen LogP contribution in [0.25, 0.3) is 5.57 Å². The van der Waals surface area contributed by atoms with Crippen LogP contribution in [0.3, 0.4) is 0 Å². The number of hydrogen-bond acceptors (Lipinski definition) is 3. The number of aromatic amines is 1. The first-order chi connectivity index (χ1) is 5.25. The zero-order chi connectivity index (χ0) is 8.27. The van der Waals surface area contributed by atoms with E-state index in [0.717, 1.165) is 0 Å². The van der Waals surface area contributed by atoms with Gasteiger partial charge >= 0.3 is 5.97 Å². The Kier molecular flexibility index (Phi) is 2.06. The van der Waals surface area contributed by atoms with Crippen molar-refractivity contribution in [3.8, 4) is 0 Å². The lowest BCUT2D eigenvalue weighted by atomic mass is 10.2. The predicted molar refractivity (Wildman–Crippen MR) is 39.6 cm³/mol. The molecule has 0 fully saturated rings. The molecule has 0 bridgehead atoms. The van der Waals surface area contributed by atoms with Crippen molar-refractivity contribution in [1.29, 1.82) is 0 Å². The summed E-state index contributed by atoms with van der Waals surface area (Å²) in [5.74, 6) is -0.450. The van der Waals surface area contributed by atoms with E-state index in [2.05, 4.69) is 21.3 Å². The van der Waals surface area contributed by atoms with E-state index in [-0.39, 0.29) is 5.57 Å². The van der Waals surface area contributed by atoms with Gasteiger partial charge in [-0.15, -0.1) is 0 Å². The van der Waals surface area contributed by atoms with Crippen LogP contribution in [0.15, 0.2) is 19.1 Å². The van der Waals surface area contributed by atoms with Gasteiger partial charge in [0, 0.05) is 0 Å². The predicted octanol–water partition coefficient (Wildman–Crippen LogP) is 0.596. The van der Waals surface area contributed by atoms with Gasteiger partial charge < -0.3 is 9.72 Å². The first-order valence-corrected chi connectivity index (χ1v) is 3.01. The van der Waals surface area contributed by atoms with Gasteiger partial charge in [0.05, 0.1) is 30.9 Å². The Bertz CT molecular complexity index is 264. The number of hydrogen-bond donors (Lipinski definition) is 1. The smallest absolute Gasteiger partial charge is 0.339 e. The lowest BCUT2D eigenvalue weighted by molar-refractivity contribution is -0.133. The maximum atomic E-state index is 10.8. The Morgan fingerprint density at radius 1 is 1.82 bits per heavy atom. The van der Waals surface area contributed by atoms with Crippen LogP contribution in [0.2, 0.25) is 0 Å². The molecule has 0 amide bonds. The number of methoxy groups -OCH3 is 1. The quantitative estimate of drug-likeness (QED) is 0.498. The Morgan fingerprint density at radius 2 is 2.55 bits per heavy atom. The molecule has 1 rings (SSSR count). The van der Waals surface area contributed by atoms with Gasteiger partial charge in [-0.3, -0.25) is 0 Å². The fourth-order valence-electron chi connectivity index (χ4n) is 0.654. The molecule has 0 aliphatic heterocycles. The summed E-state index contributed by atoms with van der Waals surface area (Å²) in [6.45, 7) is 3.52. The van der Waals surface area contributed by atoms with Crippen molar-refractivity contribution in [2.45, 2.75) is 0 Å². The van der Waals surface area contributed by atoms with Crippen LogP contribution in [0.1, 0.15) is 5.69 Å². The number of carbonyl (C=O) groups excluding carboxylic acids is 1. The highest BCUT2D eigenvalue weighted by Gasteiger charge is 2.09. The summed E-state index contributed by atoms with van der Waals surface area (Å²) in [5, 5.41) is 0. The largest absolute Gasteiger partial charge is 0.465 e. The average Bonchev–Trinajstić information content (AvgIpc) is 2.53. The van der Waals surface area contributed by atoms with Gasteiger partial charge in [-0.05, 0) is 0 Å². The van der Waals surface area contributed by atoms with E-state index < -0.39 is 5.97 Å². The van der Waals surface area contributed by atoms with Crippen LogP contribution in [0, 0.1) is 0 Å². The summed E-state index contributed by atoms with van der Waals surface area (Å²) in [6, 6.07) is 0. The Morgan fingerprint density at radius 3 is 3.00 bits per heavy atom. The molecule has 1 N–H and O–H groups in total. The molecular weight excluding hydrogens is 144 g/mol. The van der Waals surface area contributed by atoms with E-state index in [0.29, 0.717) is 5.69 Å². The van der Waals surface area contributed by atoms with Gasteiger partial charge in [-0.2, -0.15) is 0 Å². The van der Waals surface area contributed by atoms with E-state index in [9.17, 15) is 4.79 Å². The molecule has 1 aromatic heterocycles. The molecule has 11 heavy (non-hydrogen) atoms. The minimum absolute atomic E-state index is 0.282. The third-order valence-electron chi connectivity index (χ3n) is 1.26. The van der Waals surface area contributed by atoms with E-state index in [1.807, 2.05) is 0 Å². The Balaban J connectivity index is 2.79. The van der Waals surface area contributed by atoms with Gasteiger partial charge in [0.1, 0.15) is 0 Å². The van der Waals surface area contributed by atoms with Crippen molar-refractivity contribution in [1.82, 2.24) is 9.97 Å². The van der Waals surface area contributed by atoms with Crippen LogP contribution in [-0.4, -0.2) is 23.0 Å². The van der Waals surface area contributed by atoms with Gasteiger partial charge in [0.25, 0.3) is 0 Å². The molecule has 0 aromatic carbocycles. The number of aromatic nitrogens is 2. The van der Waals surface area contributed by atoms with Crippen molar-refractivity contribution >= 4 is 11.5 Å². The van der Waals surface area contributed by atoms with E-state index in [1.54, 1.807) is 0 Å². The SMILES string of the molecule is C=C(C(=O)OC)c1cnc[nH]1. The molecule has 1 aromatic rings. The normalized spacial score (nSPS) is 9.18. The standard InChI is InChI=1S/C7H8N2O2/c1-5(7(10)11-2)6-3-8-4-9-6/h3-4H,1H2,2H3,(H,8,9). The lowest BCUT2D eigenvalue weighted by Gasteiger charge is -1.98. The molecule has 1 heterocycles. The molecule has 4 heteroatoms. The molecule has 0 unspecified atom stereocenters. The highest BCUT2D eigenvalue weighted by molar-refractivity contribution is 6.14. The van der Waals surface area contributed by atoms with Crippen molar-refractivity contribution < 1.29 is 9.53 Å².